The molecule has 1 saturated carbocycles. The fourth-order valence-corrected chi connectivity index (χ4v) is 36.9. The molecule has 0 spiro atoms. The van der Waals surface area contributed by atoms with E-state index in [1.54, 1.807) is 12.1 Å². The first-order chi connectivity index (χ1) is 34.3. The Labute approximate surface area is 432 Å². The molecule has 1 aliphatic heterocycles. The second-order valence-corrected chi connectivity index (χ2v) is 35.3. The van der Waals surface area contributed by atoms with Crippen molar-refractivity contribution in [2.75, 3.05) is 0 Å². The van der Waals surface area contributed by atoms with Gasteiger partial charge in [0.25, 0.3) is 0 Å². The summed E-state index contributed by atoms with van der Waals surface area (Å²) >= 11 is -1.50. The molecule has 0 bridgehead atoms. The van der Waals surface area contributed by atoms with Crippen LogP contribution in [0.25, 0.3) is 0 Å². The second kappa shape index (κ2) is 24.2. The van der Waals surface area contributed by atoms with E-state index in [1.165, 1.54) is 12.1 Å². The van der Waals surface area contributed by atoms with E-state index in [4.69, 9.17) is 9.47 Å². The Morgan fingerprint density at radius 2 is 0.781 bits per heavy atom. The number of ether oxygens (including phenoxy) is 2. The van der Waals surface area contributed by atoms with Crippen molar-refractivity contribution in [1.82, 2.24) is 0 Å². The van der Waals surface area contributed by atoms with Crippen LogP contribution in [0.5, 0.6) is 34.5 Å². The maximum atomic E-state index is 14.8. The molecule has 4 atom stereocenters. The molecule has 0 aromatic heterocycles. The summed E-state index contributed by atoms with van der Waals surface area (Å²) in [4.78, 5) is 0. The molecule has 0 amide bonds. The van der Waals surface area contributed by atoms with E-state index >= 15 is 0 Å². The van der Waals surface area contributed by atoms with E-state index in [0.717, 1.165) is 49.7 Å². The Bertz CT molecular complexity index is 2790. The molecule has 8 rings (SSSR count). The number of rotatable bonds is 8. The molecule has 1 heterocycles. The molecule has 6 aromatic rings. The van der Waals surface area contributed by atoms with Crippen LogP contribution in [0.4, 0.5) is 43.9 Å². The Kier molecular flexibility index (Phi) is 19.0. The van der Waals surface area contributed by atoms with Crippen molar-refractivity contribution in [2.24, 2.45) is 0 Å². The van der Waals surface area contributed by atoms with Gasteiger partial charge in [0.05, 0.1) is 0 Å². The predicted octanol–water partition coefficient (Wildman–Crippen LogP) is 17.7. The Hall–Kier alpha value is -4.86. The van der Waals surface area contributed by atoms with Gasteiger partial charge in [-0.15, -0.1) is 24.3 Å². The molecule has 2 N–H and O–H groups in total. The average molecular weight is 1140 g/mol. The molecule has 2 aliphatic rings. The van der Waals surface area contributed by atoms with Crippen molar-refractivity contribution in [3.63, 3.8) is 0 Å². The van der Waals surface area contributed by atoms with E-state index in [1.807, 2.05) is 102 Å². The molecule has 4 nitrogen and oxygen atoms in total. The maximum Gasteiger partial charge on any atom is -0.0866 e. The van der Waals surface area contributed by atoms with Gasteiger partial charge in [-0.2, -0.15) is 49.2 Å². The molecule has 0 radical (unpaired) electrons. The normalized spacial score (nSPS) is 17.6. The number of benzene rings is 6. The minimum Gasteiger partial charge on any atom is -0.199 e. The maximum absolute atomic E-state index is 14.8. The Morgan fingerprint density at radius 1 is 0.479 bits per heavy atom. The number of hydrogen-bond acceptors (Lipinski definition) is 4. The number of hydrogen-bond donors (Lipinski definition) is 2. The molecule has 2 unspecified atom stereocenters. The van der Waals surface area contributed by atoms with Gasteiger partial charge in [0, 0.05) is 0 Å². The summed E-state index contributed by atoms with van der Waals surface area (Å²) in [7, 11) is -0.596. The van der Waals surface area contributed by atoms with Gasteiger partial charge < -0.3 is 0 Å². The molecule has 392 valence electrons. The van der Waals surface area contributed by atoms with Crippen molar-refractivity contribution in [2.45, 2.75) is 113 Å². The second-order valence-electron chi connectivity index (χ2n) is 19.7. The van der Waals surface area contributed by atoms with Gasteiger partial charge >= 0.3 is 349 Å². The van der Waals surface area contributed by atoms with Crippen LogP contribution in [-0.2, 0) is 41.5 Å². The monoisotopic (exact) mass is 1140 g/mol. The number of phenolic OH excluding ortho intramolecular Hbond substituents is 2. The minimum absolute atomic E-state index is 0.208. The van der Waals surface area contributed by atoms with Gasteiger partial charge in [-0.05, 0) is 0 Å². The molecule has 17 heteroatoms. The summed E-state index contributed by atoms with van der Waals surface area (Å²) in [6.45, 7) is 18.5. The van der Waals surface area contributed by atoms with Gasteiger partial charge in [-0.1, -0.05) is 12.1 Å². The van der Waals surface area contributed by atoms with Gasteiger partial charge in [0.1, 0.15) is 0 Å². The summed E-state index contributed by atoms with van der Waals surface area (Å²) in [5.41, 5.74) is 2.88. The van der Waals surface area contributed by atoms with Gasteiger partial charge in [-0.25, -0.2) is 0 Å². The van der Waals surface area contributed by atoms with Crippen LogP contribution in [0.1, 0.15) is 113 Å². The van der Waals surface area contributed by atoms with Gasteiger partial charge in [0.15, 0.2) is 0 Å². The third-order valence-electron chi connectivity index (χ3n) is 12.2. The van der Waals surface area contributed by atoms with Crippen LogP contribution in [-0.4, -0.2) is 20.7 Å². The zero-order chi connectivity index (χ0) is 53.7. The summed E-state index contributed by atoms with van der Waals surface area (Å²) in [6, 6.07) is 25.9. The zero-order valence-corrected chi connectivity index (χ0v) is 45.2. The molecule has 1 aliphatic carbocycles. The van der Waals surface area contributed by atoms with Crippen LogP contribution in [0.2, 0.25) is 0 Å². The van der Waals surface area contributed by atoms with Crippen LogP contribution in [0.15, 0.2) is 84.9 Å². The van der Waals surface area contributed by atoms with E-state index in [9.17, 15) is 54.1 Å². The van der Waals surface area contributed by atoms with Crippen LogP contribution >= 0.6 is 14.2 Å². The summed E-state index contributed by atoms with van der Waals surface area (Å²) in [6.07, 6.45) is 5.72. The van der Waals surface area contributed by atoms with Crippen molar-refractivity contribution in [3.05, 3.63) is 190 Å². The van der Waals surface area contributed by atoms with Crippen molar-refractivity contribution in [1.29, 1.82) is 0 Å². The average Bonchev–Trinajstić information content (AvgIpc) is 3.64. The summed E-state index contributed by atoms with van der Waals surface area (Å²) < 4.78 is 154. The third-order valence-corrected chi connectivity index (χ3v) is 34.0. The molecule has 1 fully saturated rings. The van der Waals surface area contributed by atoms with Crippen molar-refractivity contribution in [3.8, 4) is 34.5 Å². The topological polar surface area (TPSA) is 58.9 Å². The van der Waals surface area contributed by atoms with E-state index in [0.29, 0.717) is 33.8 Å². The smallest absolute Gasteiger partial charge is 0.0866 e. The molecule has 73 heavy (non-hydrogen) atoms. The predicted molar refractivity (Wildman–Crippen MR) is 266 cm³/mol. The molecular formula is C56H56F10O4S2Zr-2. The molecular weight excluding hydrogens is 1080 g/mol. The van der Waals surface area contributed by atoms with Crippen molar-refractivity contribution >= 4 is 14.2 Å². The zero-order valence-electron chi connectivity index (χ0n) is 41.1. The number of phenols is 2. The first kappa shape index (κ1) is 57.4. The number of fused-ring (bicyclic) bond motifs is 1. The van der Waals surface area contributed by atoms with Gasteiger partial charge in [0.2, 0.25) is 0 Å². The number of halogens is 10. The molecule has 6 aromatic carbocycles. The standard InChI is InChI=1S/C42H42F10O4S2.2C7H7.Zr/c1-41(2,3)21-13-19(37(53)23(15-21)55-39-33(49)29(45)27(43)30(46)34(39)50)17-57-25-11-9-7-8-10-12-26(25)58-18-20-14-22(42(4,5)6)16-24(38(20)54)56-40-35(51)31(47)28(44)32(48)36(40)52;2*1-7-5-3-2-4-6-7;/h13-16,25-26,53-54H,7-12,17-18H2,1-6H3;2*2-6H,1H2;/q;2*-1;/t25-,26?;;;/m0.../s1. The van der Waals surface area contributed by atoms with Crippen LogP contribution < -0.4 is 9.47 Å². The largest absolute Gasteiger partial charge is 0.199 e. The minimum atomic E-state index is -2.35. The van der Waals surface area contributed by atoms with E-state index in [2.05, 4.69) is 13.8 Å². The van der Waals surface area contributed by atoms with E-state index in [-0.39, 0.29) is 24.7 Å². The first-order valence-corrected chi connectivity index (χ1v) is 32.2. The van der Waals surface area contributed by atoms with Crippen molar-refractivity contribution < 1.29 is 82.7 Å². The summed E-state index contributed by atoms with van der Waals surface area (Å²) in [5, 5.41) is 23.6. The quantitative estimate of drug-likeness (QED) is 0.0690. The first-order valence-electron chi connectivity index (χ1n) is 23.3. The van der Waals surface area contributed by atoms with E-state index < -0.39 is 123 Å². The Balaban J connectivity index is 0.000000533. The summed E-state index contributed by atoms with van der Waals surface area (Å²) in [5.74, 6) is -26.5. The third kappa shape index (κ3) is 13.7. The number of aromatic hydroxyl groups is 2. The van der Waals surface area contributed by atoms with Gasteiger partial charge in [-0.3, -0.25) is 0 Å². The SMILES string of the molecule is CC(C)(C)c1cc(C[S]2=[Zr]=[S@@](Cc3cc(C(C)(C)C)cc(Oc4c(F)c(F)c(F)c(F)c4F)c3O)C3CCCCCC[C@@H]32)c(O)c(Oc2c(F)c(F)c(F)c(F)c2F)c1.[CH2-]c1ccccc1.[CH2-]c1ccccc1. The van der Waals surface area contributed by atoms with Crippen LogP contribution in [0.3, 0.4) is 0 Å². The Morgan fingerprint density at radius 3 is 1.05 bits per heavy atom. The fraction of sp³-hybridized carbons (Fsp3) is 0.321. The molecule has 0 saturated heterocycles. The van der Waals surface area contributed by atoms with Crippen LogP contribution in [0, 0.1) is 72.0 Å². The fourth-order valence-electron chi connectivity index (χ4n) is 8.03.